The average Bonchev–Trinajstić information content (AvgIpc) is 2.54. The van der Waals surface area contributed by atoms with Crippen LogP contribution >= 0.6 is 0 Å². The Kier molecular flexibility index (Phi) is 3.69. The van der Waals surface area contributed by atoms with Crippen LogP contribution in [0.15, 0.2) is 57.7 Å². The summed E-state index contributed by atoms with van der Waals surface area (Å²) in [6, 6.07) is 11.2. The van der Waals surface area contributed by atoms with Gasteiger partial charge in [-0.25, -0.2) is 0 Å². The highest BCUT2D eigenvalue weighted by atomic mass is 16.6. The molecule has 0 aliphatic rings. The van der Waals surface area contributed by atoms with Gasteiger partial charge >= 0.3 is 7.12 Å². The maximum atomic E-state index is 12.2. The first-order valence-corrected chi connectivity index (χ1v) is 6.64. The molecule has 3 rings (SSSR count). The molecule has 0 aliphatic carbocycles. The number of non-ortho nitro benzene ring substituents is 1. The summed E-state index contributed by atoms with van der Waals surface area (Å²) in [5.41, 5.74) is 0.554. The van der Waals surface area contributed by atoms with E-state index in [0.717, 1.165) is 0 Å². The van der Waals surface area contributed by atoms with Gasteiger partial charge in [0.1, 0.15) is 11.3 Å². The lowest BCUT2D eigenvalue weighted by atomic mass is 9.80. The van der Waals surface area contributed by atoms with Crippen LogP contribution in [0.1, 0.15) is 0 Å². The summed E-state index contributed by atoms with van der Waals surface area (Å²) >= 11 is 0. The quantitative estimate of drug-likeness (QED) is 0.424. The van der Waals surface area contributed by atoms with Crippen molar-refractivity contribution in [3.05, 3.63) is 68.9 Å². The predicted octanol–water partition coefficient (Wildman–Crippen LogP) is 1.05. The fourth-order valence-electron chi connectivity index (χ4n) is 2.22. The standard InChI is InChI=1S/C15H10BNO6/c18-13-8-15(9-1-3-10(4-2-9)16(19)20)23-14-6-5-11(17(21)22)7-12(13)14/h1-8,19-20H. The van der Waals surface area contributed by atoms with Gasteiger partial charge in [-0.15, -0.1) is 0 Å². The minimum Gasteiger partial charge on any atom is -0.456 e. The van der Waals surface area contributed by atoms with E-state index in [-0.39, 0.29) is 22.4 Å². The molecule has 0 fully saturated rings. The Balaban J connectivity index is 2.11. The van der Waals surface area contributed by atoms with E-state index in [1.165, 1.54) is 36.4 Å². The lowest BCUT2D eigenvalue weighted by Crippen LogP contribution is -2.29. The highest BCUT2D eigenvalue weighted by Crippen LogP contribution is 2.24. The Labute approximate surface area is 129 Å². The molecule has 114 valence electrons. The molecule has 2 N–H and O–H groups in total. The maximum absolute atomic E-state index is 12.2. The van der Waals surface area contributed by atoms with E-state index in [1.54, 1.807) is 12.1 Å². The molecule has 0 spiro atoms. The van der Waals surface area contributed by atoms with Crippen LogP contribution in [0.3, 0.4) is 0 Å². The van der Waals surface area contributed by atoms with Crippen molar-refractivity contribution in [2.45, 2.75) is 0 Å². The van der Waals surface area contributed by atoms with Gasteiger partial charge in [0, 0.05) is 23.8 Å². The molecule has 0 saturated heterocycles. The largest absolute Gasteiger partial charge is 0.488 e. The fourth-order valence-corrected chi connectivity index (χ4v) is 2.22. The lowest BCUT2D eigenvalue weighted by Gasteiger charge is -2.05. The minimum atomic E-state index is -1.58. The van der Waals surface area contributed by atoms with Crippen molar-refractivity contribution in [2.24, 2.45) is 0 Å². The number of hydrogen-bond donors (Lipinski definition) is 2. The van der Waals surface area contributed by atoms with Crippen molar-refractivity contribution >= 4 is 29.2 Å². The van der Waals surface area contributed by atoms with Gasteiger partial charge in [0.05, 0.1) is 10.3 Å². The molecule has 2 aromatic carbocycles. The second kappa shape index (κ2) is 5.67. The van der Waals surface area contributed by atoms with E-state index < -0.39 is 17.5 Å². The molecule has 23 heavy (non-hydrogen) atoms. The van der Waals surface area contributed by atoms with Crippen LogP contribution in [0, 0.1) is 10.1 Å². The summed E-state index contributed by atoms with van der Waals surface area (Å²) in [4.78, 5) is 22.3. The molecule has 0 saturated carbocycles. The van der Waals surface area contributed by atoms with E-state index in [9.17, 15) is 14.9 Å². The van der Waals surface area contributed by atoms with E-state index in [2.05, 4.69) is 0 Å². The molecule has 0 aliphatic heterocycles. The van der Waals surface area contributed by atoms with Gasteiger partial charge in [-0.05, 0) is 11.5 Å². The summed E-state index contributed by atoms with van der Waals surface area (Å²) < 4.78 is 5.62. The number of rotatable bonds is 3. The smallest absolute Gasteiger partial charge is 0.456 e. The number of fused-ring (bicyclic) bond motifs is 1. The maximum Gasteiger partial charge on any atom is 0.488 e. The second-order valence-corrected chi connectivity index (χ2v) is 4.91. The molecule has 0 radical (unpaired) electrons. The molecule has 0 amide bonds. The van der Waals surface area contributed by atoms with Gasteiger partial charge in [0.2, 0.25) is 0 Å². The summed E-state index contributed by atoms with van der Waals surface area (Å²) in [5, 5.41) is 29.0. The van der Waals surface area contributed by atoms with E-state index in [4.69, 9.17) is 14.5 Å². The molecule has 0 bridgehead atoms. The lowest BCUT2D eigenvalue weighted by molar-refractivity contribution is -0.384. The third-order valence-electron chi connectivity index (χ3n) is 3.41. The van der Waals surface area contributed by atoms with Crippen molar-refractivity contribution in [3.8, 4) is 11.3 Å². The third kappa shape index (κ3) is 2.85. The van der Waals surface area contributed by atoms with Gasteiger partial charge < -0.3 is 14.5 Å². The van der Waals surface area contributed by atoms with Crippen LogP contribution in [0.4, 0.5) is 5.69 Å². The molecule has 0 unspecified atom stereocenters. The van der Waals surface area contributed by atoms with E-state index >= 15 is 0 Å². The van der Waals surface area contributed by atoms with Crippen molar-refractivity contribution in [2.75, 3.05) is 0 Å². The molecule has 8 heteroatoms. The summed E-state index contributed by atoms with van der Waals surface area (Å²) in [5.74, 6) is 0.287. The number of nitrogens with zero attached hydrogens (tertiary/aromatic N) is 1. The SMILES string of the molecule is O=c1cc(-c2ccc(B(O)O)cc2)oc2ccc([N+](=O)[O-])cc12. The Bertz CT molecular complexity index is 948. The Morgan fingerprint density at radius 2 is 1.74 bits per heavy atom. The second-order valence-electron chi connectivity index (χ2n) is 4.91. The summed E-state index contributed by atoms with van der Waals surface area (Å²) in [6.45, 7) is 0. The van der Waals surface area contributed by atoms with Crippen LogP contribution in [0.2, 0.25) is 0 Å². The molecule has 7 nitrogen and oxygen atoms in total. The molecule has 3 aromatic rings. The van der Waals surface area contributed by atoms with Gasteiger partial charge in [-0.1, -0.05) is 24.3 Å². The Hall–Kier alpha value is -2.97. The zero-order chi connectivity index (χ0) is 16.6. The van der Waals surface area contributed by atoms with Crippen LogP contribution in [0.25, 0.3) is 22.3 Å². The molecule has 1 heterocycles. The molecule has 0 atom stereocenters. The monoisotopic (exact) mass is 311 g/mol. The van der Waals surface area contributed by atoms with Crippen molar-refractivity contribution in [3.63, 3.8) is 0 Å². The highest BCUT2D eigenvalue weighted by molar-refractivity contribution is 6.58. The van der Waals surface area contributed by atoms with Crippen molar-refractivity contribution < 1.29 is 19.4 Å². The average molecular weight is 311 g/mol. The van der Waals surface area contributed by atoms with Gasteiger partial charge in [-0.2, -0.15) is 0 Å². The fraction of sp³-hybridized carbons (Fsp3) is 0. The van der Waals surface area contributed by atoms with Crippen LogP contribution in [-0.2, 0) is 0 Å². The third-order valence-corrected chi connectivity index (χ3v) is 3.41. The first-order valence-electron chi connectivity index (χ1n) is 6.64. The first-order chi connectivity index (χ1) is 11.0. The topological polar surface area (TPSA) is 114 Å². The van der Waals surface area contributed by atoms with Gasteiger partial charge in [0.15, 0.2) is 5.43 Å². The minimum absolute atomic E-state index is 0.130. The molecular formula is C15H10BNO6. The first kappa shape index (κ1) is 15.0. The van der Waals surface area contributed by atoms with Gasteiger partial charge in [-0.3, -0.25) is 14.9 Å². The van der Waals surface area contributed by atoms with Crippen LogP contribution in [0.5, 0.6) is 0 Å². The van der Waals surface area contributed by atoms with E-state index in [0.29, 0.717) is 11.0 Å². The van der Waals surface area contributed by atoms with Crippen molar-refractivity contribution in [1.82, 2.24) is 0 Å². The zero-order valence-electron chi connectivity index (χ0n) is 11.7. The highest BCUT2D eigenvalue weighted by Gasteiger charge is 2.13. The predicted molar refractivity (Wildman–Crippen MR) is 84.4 cm³/mol. The van der Waals surface area contributed by atoms with Gasteiger partial charge in [0.25, 0.3) is 5.69 Å². The zero-order valence-corrected chi connectivity index (χ0v) is 11.7. The van der Waals surface area contributed by atoms with Crippen LogP contribution < -0.4 is 10.9 Å². The number of nitro groups is 1. The van der Waals surface area contributed by atoms with Crippen LogP contribution in [-0.4, -0.2) is 22.1 Å². The number of nitro benzene ring substituents is 1. The number of benzene rings is 2. The Morgan fingerprint density at radius 3 is 2.35 bits per heavy atom. The summed E-state index contributed by atoms with van der Waals surface area (Å²) in [6.07, 6.45) is 0. The number of hydrogen-bond acceptors (Lipinski definition) is 6. The van der Waals surface area contributed by atoms with E-state index in [1.807, 2.05) is 0 Å². The molecular weight excluding hydrogens is 301 g/mol. The molecule has 1 aromatic heterocycles. The Morgan fingerprint density at radius 1 is 1.04 bits per heavy atom. The van der Waals surface area contributed by atoms with Crippen molar-refractivity contribution in [1.29, 1.82) is 0 Å². The summed E-state index contributed by atoms with van der Waals surface area (Å²) in [7, 11) is -1.58. The normalized spacial score (nSPS) is 10.7.